The molecule has 0 saturated heterocycles. The first-order valence-electron chi connectivity index (χ1n) is 7.89. The second-order valence-corrected chi connectivity index (χ2v) is 5.64. The van der Waals surface area contributed by atoms with Crippen molar-refractivity contribution in [1.29, 1.82) is 0 Å². The predicted octanol–water partition coefficient (Wildman–Crippen LogP) is 3.18. The van der Waals surface area contributed by atoms with Crippen LogP contribution in [0.2, 0.25) is 0 Å². The first-order valence-corrected chi connectivity index (χ1v) is 7.89. The first kappa shape index (κ1) is 19.9. The number of rotatable bonds is 7. The SMILES string of the molecule is CCCC1CC1NC(=NC)NCc1ccc(OC)cc1OC.I. The van der Waals surface area contributed by atoms with Crippen molar-refractivity contribution in [3.8, 4) is 11.5 Å². The highest BCUT2D eigenvalue weighted by Crippen LogP contribution is 2.34. The molecule has 0 amide bonds. The number of ether oxygens (including phenoxy) is 2. The number of guanidine groups is 1. The van der Waals surface area contributed by atoms with Crippen molar-refractivity contribution in [1.82, 2.24) is 10.6 Å². The van der Waals surface area contributed by atoms with Gasteiger partial charge in [0, 0.05) is 31.3 Å². The number of hydrogen-bond donors (Lipinski definition) is 2. The zero-order valence-electron chi connectivity index (χ0n) is 14.4. The Hall–Kier alpha value is -1.18. The van der Waals surface area contributed by atoms with Gasteiger partial charge in [0.2, 0.25) is 0 Å². The largest absolute Gasteiger partial charge is 0.497 e. The molecule has 6 heteroatoms. The molecule has 23 heavy (non-hydrogen) atoms. The summed E-state index contributed by atoms with van der Waals surface area (Å²) in [5, 5.41) is 6.83. The number of methoxy groups -OCH3 is 2. The van der Waals surface area contributed by atoms with E-state index in [0.717, 1.165) is 28.9 Å². The summed E-state index contributed by atoms with van der Waals surface area (Å²) >= 11 is 0. The van der Waals surface area contributed by atoms with Crippen LogP contribution in [0.4, 0.5) is 0 Å². The number of nitrogens with one attached hydrogen (secondary N) is 2. The molecular formula is C17H28IN3O2. The molecule has 2 rings (SSSR count). The van der Waals surface area contributed by atoms with Gasteiger partial charge in [-0.1, -0.05) is 13.3 Å². The second kappa shape index (κ2) is 9.85. The molecule has 0 aliphatic heterocycles. The maximum Gasteiger partial charge on any atom is 0.191 e. The Labute approximate surface area is 156 Å². The molecule has 2 N–H and O–H groups in total. The zero-order chi connectivity index (χ0) is 15.9. The van der Waals surface area contributed by atoms with Crippen LogP contribution in [-0.4, -0.2) is 33.3 Å². The monoisotopic (exact) mass is 433 g/mol. The van der Waals surface area contributed by atoms with Gasteiger partial charge in [0.05, 0.1) is 14.2 Å². The van der Waals surface area contributed by atoms with Crippen LogP contribution >= 0.6 is 24.0 Å². The van der Waals surface area contributed by atoms with Crippen LogP contribution in [0.1, 0.15) is 31.7 Å². The van der Waals surface area contributed by atoms with E-state index in [4.69, 9.17) is 9.47 Å². The van der Waals surface area contributed by atoms with Crippen LogP contribution in [0.5, 0.6) is 11.5 Å². The minimum absolute atomic E-state index is 0. The summed E-state index contributed by atoms with van der Waals surface area (Å²) in [4.78, 5) is 4.30. The maximum absolute atomic E-state index is 5.42. The van der Waals surface area contributed by atoms with Crippen LogP contribution in [0.15, 0.2) is 23.2 Å². The van der Waals surface area contributed by atoms with E-state index in [2.05, 4.69) is 22.5 Å². The number of halogens is 1. The van der Waals surface area contributed by atoms with Gasteiger partial charge in [-0.25, -0.2) is 0 Å². The van der Waals surface area contributed by atoms with Crippen LogP contribution in [0, 0.1) is 5.92 Å². The fourth-order valence-electron chi connectivity index (χ4n) is 2.66. The Morgan fingerprint density at radius 3 is 2.70 bits per heavy atom. The van der Waals surface area contributed by atoms with E-state index in [1.54, 1.807) is 21.3 Å². The third-order valence-electron chi connectivity index (χ3n) is 4.07. The average Bonchev–Trinajstić information content (AvgIpc) is 3.29. The molecule has 0 bridgehead atoms. The average molecular weight is 433 g/mol. The molecule has 2 atom stereocenters. The van der Waals surface area contributed by atoms with Crippen molar-refractivity contribution in [3.05, 3.63) is 23.8 Å². The molecule has 0 radical (unpaired) electrons. The van der Waals surface area contributed by atoms with Gasteiger partial charge in [-0.15, -0.1) is 24.0 Å². The molecule has 1 saturated carbocycles. The molecule has 1 fully saturated rings. The van der Waals surface area contributed by atoms with Crippen molar-refractivity contribution < 1.29 is 9.47 Å². The highest BCUT2D eigenvalue weighted by molar-refractivity contribution is 14.0. The number of hydrogen-bond acceptors (Lipinski definition) is 3. The standard InChI is InChI=1S/C17H27N3O2.HI/c1-5-6-12-9-15(12)20-17(18-2)19-11-13-7-8-14(21-3)10-16(13)22-4;/h7-8,10,12,15H,5-6,9,11H2,1-4H3,(H2,18,19,20);1H. The van der Waals surface area contributed by atoms with Gasteiger partial charge < -0.3 is 20.1 Å². The molecule has 1 aliphatic rings. The van der Waals surface area contributed by atoms with Gasteiger partial charge in [0.25, 0.3) is 0 Å². The van der Waals surface area contributed by atoms with E-state index in [9.17, 15) is 0 Å². The highest BCUT2D eigenvalue weighted by atomic mass is 127. The lowest BCUT2D eigenvalue weighted by Gasteiger charge is -2.14. The summed E-state index contributed by atoms with van der Waals surface area (Å²) in [5.74, 6) is 3.27. The molecule has 1 aromatic rings. The van der Waals surface area contributed by atoms with Crippen molar-refractivity contribution in [2.75, 3.05) is 21.3 Å². The van der Waals surface area contributed by atoms with Gasteiger partial charge in [0.1, 0.15) is 11.5 Å². The van der Waals surface area contributed by atoms with Crippen LogP contribution in [0.3, 0.4) is 0 Å². The number of benzene rings is 1. The first-order chi connectivity index (χ1) is 10.7. The van der Waals surface area contributed by atoms with Gasteiger partial charge in [0.15, 0.2) is 5.96 Å². The zero-order valence-corrected chi connectivity index (χ0v) is 16.7. The van der Waals surface area contributed by atoms with E-state index < -0.39 is 0 Å². The third-order valence-corrected chi connectivity index (χ3v) is 4.07. The van der Waals surface area contributed by atoms with Crippen molar-refractivity contribution in [3.63, 3.8) is 0 Å². The lowest BCUT2D eigenvalue weighted by atomic mass is 10.2. The number of nitrogens with zero attached hydrogens (tertiary/aromatic N) is 1. The van der Waals surface area contributed by atoms with Crippen molar-refractivity contribution in [2.24, 2.45) is 10.9 Å². The highest BCUT2D eigenvalue weighted by Gasteiger charge is 2.36. The Morgan fingerprint density at radius 1 is 1.30 bits per heavy atom. The van der Waals surface area contributed by atoms with E-state index in [1.165, 1.54) is 19.3 Å². The Bertz CT molecular complexity index is 523. The molecule has 5 nitrogen and oxygen atoms in total. The van der Waals surface area contributed by atoms with Crippen molar-refractivity contribution in [2.45, 2.75) is 38.8 Å². The van der Waals surface area contributed by atoms with Crippen LogP contribution in [0.25, 0.3) is 0 Å². The Morgan fingerprint density at radius 2 is 2.09 bits per heavy atom. The smallest absolute Gasteiger partial charge is 0.191 e. The van der Waals surface area contributed by atoms with E-state index >= 15 is 0 Å². The topological polar surface area (TPSA) is 54.9 Å². The van der Waals surface area contributed by atoms with E-state index in [0.29, 0.717) is 12.6 Å². The number of aliphatic imine (C=N–C) groups is 1. The summed E-state index contributed by atoms with van der Waals surface area (Å²) in [7, 11) is 5.13. The lowest BCUT2D eigenvalue weighted by Crippen LogP contribution is -2.38. The summed E-state index contributed by atoms with van der Waals surface area (Å²) in [6.07, 6.45) is 3.79. The van der Waals surface area contributed by atoms with Crippen molar-refractivity contribution >= 4 is 29.9 Å². The van der Waals surface area contributed by atoms with Crippen LogP contribution < -0.4 is 20.1 Å². The molecule has 130 valence electrons. The lowest BCUT2D eigenvalue weighted by molar-refractivity contribution is 0.390. The molecule has 1 aromatic carbocycles. The molecule has 0 heterocycles. The van der Waals surface area contributed by atoms with E-state index in [-0.39, 0.29) is 24.0 Å². The fraction of sp³-hybridized carbons (Fsp3) is 0.588. The van der Waals surface area contributed by atoms with Gasteiger partial charge in [-0.3, -0.25) is 4.99 Å². The Balaban J connectivity index is 0.00000264. The minimum atomic E-state index is 0. The molecule has 0 spiro atoms. The normalized spacial score (nSPS) is 19.6. The van der Waals surface area contributed by atoms with Gasteiger partial charge >= 0.3 is 0 Å². The molecule has 0 aromatic heterocycles. The maximum atomic E-state index is 5.42. The fourth-order valence-corrected chi connectivity index (χ4v) is 2.66. The van der Waals surface area contributed by atoms with Gasteiger partial charge in [-0.2, -0.15) is 0 Å². The summed E-state index contributed by atoms with van der Waals surface area (Å²) in [6, 6.07) is 6.41. The quantitative estimate of drug-likeness (QED) is 0.394. The van der Waals surface area contributed by atoms with Crippen LogP contribution in [-0.2, 0) is 6.54 Å². The summed E-state index contributed by atoms with van der Waals surface area (Å²) in [5.41, 5.74) is 1.08. The van der Waals surface area contributed by atoms with E-state index in [1.807, 2.05) is 18.2 Å². The summed E-state index contributed by atoms with van der Waals surface area (Å²) < 4.78 is 10.6. The molecular weight excluding hydrogens is 405 g/mol. The molecule has 2 unspecified atom stereocenters. The molecule has 1 aliphatic carbocycles. The summed E-state index contributed by atoms with van der Waals surface area (Å²) in [6.45, 7) is 2.90. The predicted molar refractivity (Wildman–Crippen MR) is 105 cm³/mol. The van der Waals surface area contributed by atoms with Gasteiger partial charge in [-0.05, 0) is 30.9 Å². The Kier molecular flexibility index (Phi) is 8.51. The minimum Gasteiger partial charge on any atom is -0.497 e. The third kappa shape index (κ3) is 5.75. The second-order valence-electron chi connectivity index (χ2n) is 5.64.